The second-order valence-corrected chi connectivity index (χ2v) is 13.1. The molecule has 0 unspecified atom stereocenters. The van der Waals surface area contributed by atoms with Gasteiger partial charge in [-0.1, -0.05) is 47.5 Å². The van der Waals surface area contributed by atoms with Crippen LogP contribution in [0.1, 0.15) is 33.4 Å². The summed E-state index contributed by atoms with van der Waals surface area (Å²) < 4.78 is 62.9. The first kappa shape index (κ1) is 30.6. The second-order valence-electron chi connectivity index (χ2n) is 10.2. The van der Waals surface area contributed by atoms with Gasteiger partial charge in [0.15, 0.2) is 0 Å². The van der Waals surface area contributed by atoms with Gasteiger partial charge in [0.2, 0.25) is 0 Å². The van der Waals surface area contributed by atoms with Crippen molar-refractivity contribution in [1.29, 1.82) is 0 Å². The normalized spacial score (nSPS) is 11.6. The molecule has 0 aromatic heterocycles. The van der Waals surface area contributed by atoms with Crippen molar-refractivity contribution in [2.45, 2.75) is 51.3 Å². The summed E-state index contributed by atoms with van der Waals surface area (Å²) >= 11 is 0. The van der Waals surface area contributed by atoms with Gasteiger partial charge in [-0.3, -0.25) is 0 Å². The maximum Gasteiger partial charge on any atom is 0.339 e. The van der Waals surface area contributed by atoms with Crippen LogP contribution in [-0.4, -0.2) is 22.9 Å². The van der Waals surface area contributed by atoms with Crippen LogP contribution in [0.15, 0.2) is 82.6 Å². The Morgan fingerprint density at radius 2 is 0.881 bits per heavy atom. The van der Waals surface area contributed by atoms with Crippen LogP contribution in [0.3, 0.4) is 0 Å². The van der Waals surface area contributed by atoms with E-state index in [0.717, 1.165) is 11.1 Å². The molecule has 0 heterocycles. The zero-order chi connectivity index (χ0) is 30.8. The van der Waals surface area contributed by atoms with E-state index >= 15 is 0 Å². The van der Waals surface area contributed by atoms with E-state index in [1.165, 1.54) is 24.3 Å². The first-order chi connectivity index (χ1) is 19.6. The van der Waals surface area contributed by atoms with Crippen LogP contribution in [0.25, 0.3) is 0 Å². The van der Waals surface area contributed by atoms with Gasteiger partial charge in [0.1, 0.15) is 21.3 Å². The fourth-order valence-electron chi connectivity index (χ4n) is 5.00. The molecular formula is C31H32N2O7S2. The van der Waals surface area contributed by atoms with Crippen molar-refractivity contribution in [2.75, 3.05) is 10.6 Å². The van der Waals surface area contributed by atoms with Crippen molar-refractivity contribution in [3.05, 3.63) is 106 Å². The molecule has 0 aliphatic carbocycles. The summed E-state index contributed by atoms with van der Waals surface area (Å²) in [6.45, 7) is 10.6. The van der Waals surface area contributed by atoms with Gasteiger partial charge in [-0.15, -0.1) is 0 Å². The minimum absolute atomic E-state index is 0.0227. The van der Waals surface area contributed by atoms with Crippen molar-refractivity contribution in [1.82, 2.24) is 0 Å². The predicted octanol–water partition coefficient (Wildman–Crippen LogP) is 6.72. The average molecular weight is 609 g/mol. The maximum absolute atomic E-state index is 13.0. The van der Waals surface area contributed by atoms with E-state index in [1.807, 2.05) is 13.8 Å². The quantitative estimate of drug-likeness (QED) is 0.213. The fraction of sp³-hybridized carbons (Fsp3) is 0.194. The highest BCUT2D eigenvalue weighted by Gasteiger charge is 2.24. The molecule has 0 bridgehead atoms. The van der Waals surface area contributed by atoms with Crippen molar-refractivity contribution >= 4 is 37.6 Å². The third-order valence-electron chi connectivity index (χ3n) is 6.31. The minimum Gasteiger partial charge on any atom is -0.379 e. The lowest BCUT2D eigenvalue weighted by Crippen LogP contribution is -2.19. The van der Waals surface area contributed by atoms with E-state index in [4.69, 9.17) is 8.37 Å². The van der Waals surface area contributed by atoms with Gasteiger partial charge in [0.05, 0.1) is 0 Å². The molecule has 0 radical (unpaired) electrons. The van der Waals surface area contributed by atoms with Gasteiger partial charge in [-0.05, 0) is 88.1 Å². The number of urea groups is 1. The summed E-state index contributed by atoms with van der Waals surface area (Å²) in [6, 6.07) is 18.4. The Kier molecular flexibility index (Phi) is 8.65. The standard InChI is InChI=1S/C31H32N2O7S2/c1-19-13-21(3)29(22(4)14-19)41(35,36)39-27-11-7-9-25(17-27)32-31(34)33-26-10-8-12-28(18-26)40-42(37,38)30-23(5)15-20(2)16-24(30)6/h7-18H,1-6H3,(H2,32,33,34). The molecule has 11 heteroatoms. The molecule has 4 aromatic rings. The summed E-state index contributed by atoms with van der Waals surface area (Å²) in [5, 5.41) is 5.23. The van der Waals surface area contributed by atoms with E-state index < -0.39 is 26.3 Å². The highest BCUT2D eigenvalue weighted by molar-refractivity contribution is 7.87. The smallest absolute Gasteiger partial charge is 0.339 e. The molecule has 0 saturated heterocycles. The third-order valence-corrected chi connectivity index (χ3v) is 9.42. The van der Waals surface area contributed by atoms with Gasteiger partial charge >= 0.3 is 26.3 Å². The molecule has 4 rings (SSSR count). The highest BCUT2D eigenvalue weighted by Crippen LogP contribution is 2.29. The lowest BCUT2D eigenvalue weighted by molar-refractivity contribution is 0.262. The topological polar surface area (TPSA) is 128 Å². The molecule has 0 aliphatic rings. The van der Waals surface area contributed by atoms with E-state index in [-0.39, 0.29) is 32.7 Å². The lowest BCUT2D eigenvalue weighted by Gasteiger charge is -2.14. The molecule has 0 aliphatic heterocycles. The number of carbonyl (C=O) groups is 1. The monoisotopic (exact) mass is 608 g/mol. The SMILES string of the molecule is Cc1cc(C)c(S(=O)(=O)Oc2cccc(NC(=O)Nc3cccc(OS(=O)(=O)c4c(C)cc(C)cc4C)c3)c2)c(C)c1. The zero-order valence-electron chi connectivity index (χ0n) is 24.1. The molecule has 220 valence electrons. The Morgan fingerprint density at radius 3 is 1.21 bits per heavy atom. The molecule has 2 N–H and O–H groups in total. The third kappa shape index (κ3) is 7.10. The summed E-state index contributed by atoms with van der Waals surface area (Å²) in [6.07, 6.45) is 0. The van der Waals surface area contributed by atoms with Crippen LogP contribution in [0.2, 0.25) is 0 Å². The lowest BCUT2D eigenvalue weighted by atomic mass is 10.1. The Bertz CT molecular complexity index is 1720. The molecule has 0 fully saturated rings. The van der Waals surface area contributed by atoms with E-state index in [2.05, 4.69) is 10.6 Å². The fourth-order valence-corrected chi connectivity index (χ4v) is 7.70. The molecule has 2 amide bonds. The molecule has 0 atom stereocenters. The van der Waals surface area contributed by atoms with Gasteiger partial charge in [-0.2, -0.15) is 16.8 Å². The number of nitrogens with one attached hydrogen (secondary N) is 2. The minimum atomic E-state index is -4.12. The number of aryl methyl sites for hydroxylation is 6. The summed E-state index contributed by atoms with van der Waals surface area (Å²) in [4.78, 5) is 12.9. The first-order valence-electron chi connectivity index (χ1n) is 13.0. The van der Waals surface area contributed by atoms with Crippen LogP contribution in [0.5, 0.6) is 11.5 Å². The number of benzene rings is 4. The Labute approximate surface area is 246 Å². The molecule has 42 heavy (non-hydrogen) atoms. The predicted molar refractivity (Wildman–Crippen MR) is 162 cm³/mol. The van der Waals surface area contributed by atoms with Crippen LogP contribution >= 0.6 is 0 Å². The van der Waals surface area contributed by atoms with Crippen molar-refractivity contribution < 1.29 is 30.0 Å². The summed E-state index contributed by atoms with van der Waals surface area (Å²) in [5.74, 6) is 0.0453. The van der Waals surface area contributed by atoms with Crippen molar-refractivity contribution in [3.8, 4) is 11.5 Å². The number of anilines is 2. The Morgan fingerprint density at radius 1 is 0.548 bits per heavy atom. The second kappa shape index (κ2) is 11.9. The van der Waals surface area contributed by atoms with Gasteiger partial charge < -0.3 is 19.0 Å². The van der Waals surface area contributed by atoms with Crippen molar-refractivity contribution in [2.24, 2.45) is 0 Å². The van der Waals surface area contributed by atoms with Crippen LogP contribution < -0.4 is 19.0 Å². The number of amides is 2. The van der Waals surface area contributed by atoms with Gasteiger partial charge in [-0.25, -0.2) is 4.79 Å². The van der Waals surface area contributed by atoms with Gasteiger partial charge in [0, 0.05) is 23.5 Å². The van der Waals surface area contributed by atoms with Crippen LogP contribution in [0, 0.1) is 41.5 Å². The van der Waals surface area contributed by atoms with Crippen LogP contribution in [-0.2, 0) is 20.2 Å². The number of hydrogen-bond donors (Lipinski definition) is 2. The Balaban J connectivity index is 1.46. The average Bonchev–Trinajstić information content (AvgIpc) is 2.82. The maximum atomic E-state index is 13.0. The Hall–Kier alpha value is -4.35. The number of hydrogen-bond acceptors (Lipinski definition) is 7. The van der Waals surface area contributed by atoms with Crippen molar-refractivity contribution in [3.63, 3.8) is 0 Å². The highest BCUT2D eigenvalue weighted by atomic mass is 32.2. The first-order valence-corrected chi connectivity index (χ1v) is 15.8. The number of carbonyl (C=O) groups excluding carboxylic acids is 1. The largest absolute Gasteiger partial charge is 0.379 e. The zero-order valence-corrected chi connectivity index (χ0v) is 25.7. The van der Waals surface area contributed by atoms with E-state index in [1.54, 1.807) is 76.2 Å². The van der Waals surface area contributed by atoms with Gasteiger partial charge in [0.25, 0.3) is 0 Å². The summed E-state index contributed by atoms with van der Waals surface area (Å²) in [5.41, 5.74) is 4.73. The number of rotatable bonds is 8. The van der Waals surface area contributed by atoms with E-state index in [0.29, 0.717) is 22.3 Å². The molecule has 4 aromatic carbocycles. The molecule has 9 nitrogen and oxygen atoms in total. The van der Waals surface area contributed by atoms with E-state index in [9.17, 15) is 21.6 Å². The summed E-state index contributed by atoms with van der Waals surface area (Å²) in [7, 11) is -8.25. The molecular weight excluding hydrogens is 576 g/mol. The molecule has 0 spiro atoms. The molecule has 0 saturated carbocycles. The van der Waals surface area contributed by atoms with Crippen LogP contribution in [0.4, 0.5) is 16.2 Å².